The zero-order chi connectivity index (χ0) is 26.7. The van der Waals surface area contributed by atoms with Crippen LogP contribution in [0, 0.1) is 17.8 Å². The minimum Gasteiger partial charge on any atom is -0.346 e. The van der Waals surface area contributed by atoms with Gasteiger partial charge in [0.15, 0.2) is 0 Å². The van der Waals surface area contributed by atoms with Gasteiger partial charge < -0.3 is 5.32 Å². The average molecular weight is 544 g/mol. The van der Waals surface area contributed by atoms with Gasteiger partial charge in [-0.25, -0.2) is 4.68 Å². The molecule has 0 unspecified atom stereocenters. The lowest BCUT2D eigenvalue weighted by molar-refractivity contribution is -0.137. The smallest absolute Gasteiger partial charge is 0.346 e. The lowest BCUT2D eigenvalue weighted by Crippen LogP contribution is -2.60. The third-order valence-corrected chi connectivity index (χ3v) is 8.94. The molecule has 200 valence electrons. The Balaban J connectivity index is 1.37. The topological polar surface area (TPSA) is 56.0 Å². The Kier molecular flexibility index (Phi) is 6.21. The van der Waals surface area contributed by atoms with Crippen molar-refractivity contribution in [3.63, 3.8) is 0 Å². The van der Waals surface area contributed by atoms with Crippen LogP contribution < -0.4 is 10.9 Å². The van der Waals surface area contributed by atoms with Crippen LogP contribution in [0.4, 0.5) is 13.2 Å². The summed E-state index contributed by atoms with van der Waals surface area (Å²) in [5.41, 5.74) is 0.324. The molecular weight excluding hydrogens is 515 g/mol. The van der Waals surface area contributed by atoms with E-state index in [-0.39, 0.29) is 29.2 Å². The predicted octanol–water partition coefficient (Wildman–Crippen LogP) is 6.14. The van der Waals surface area contributed by atoms with Crippen LogP contribution in [0.5, 0.6) is 0 Å². The lowest BCUT2D eigenvalue weighted by Gasteiger charge is -2.56. The molecule has 4 aliphatic rings. The Morgan fingerprint density at radius 1 is 0.947 bits per heavy atom. The van der Waals surface area contributed by atoms with Gasteiger partial charge in [-0.15, -0.1) is 11.6 Å². The lowest BCUT2D eigenvalue weighted by atomic mass is 9.53. The van der Waals surface area contributed by atoms with Crippen LogP contribution in [0.15, 0.2) is 59.5 Å². The molecule has 0 radical (unpaired) electrons. The molecule has 1 N–H and O–H groups in total. The molecule has 0 atom stereocenters. The predicted molar refractivity (Wildman–Crippen MR) is 139 cm³/mol. The summed E-state index contributed by atoms with van der Waals surface area (Å²) in [7, 11) is 0. The van der Waals surface area contributed by atoms with E-state index in [9.17, 15) is 22.8 Å². The highest BCUT2D eigenvalue weighted by Gasteiger charge is 2.51. The quantitative estimate of drug-likeness (QED) is 0.379. The van der Waals surface area contributed by atoms with E-state index in [0.717, 1.165) is 42.5 Å². The molecule has 0 aliphatic heterocycles. The number of nitrogens with zero attached hydrogens (tertiary/aromatic N) is 2. The van der Waals surface area contributed by atoms with E-state index < -0.39 is 23.2 Å². The van der Waals surface area contributed by atoms with Gasteiger partial charge in [0.2, 0.25) is 0 Å². The number of carbonyl (C=O) groups is 1. The molecule has 5 nitrogen and oxygen atoms in total. The highest BCUT2D eigenvalue weighted by molar-refractivity contribution is 6.17. The van der Waals surface area contributed by atoms with E-state index in [1.165, 1.54) is 42.3 Å². The molecule has 0 spiro atoms. The summed E-state index contributed by atoms with van der Waals surface area (Å²) in [6.45, 7) is 0.226. The number of amides is 1. The number of benzene rings is 2. The van der Waals surface area contributed by atoms with Gasteiger partial charge in [0.05, 0.1) is 17.8 Å². The number of halogens is 4. The van der Waals surface area contributed by atoms with Crippen LogP contribution in [0.2, 0.25) is 0 Å². The Bertz CT molecular complexity index is 1390. The van der Waals surface area contributed by atoms with Crippen molar-refractivity contribution in [1.82, 2.24) is 14.7 Å². The van der Waals surface area contributed by atoms with Crippen LogP contribution in [-0.2, 0) is 18.6 Å². The summed E-state index contributed by atoms with van der Waals surface area (Å²) in [5.74, 6) is 1.73. The third-order valence-electron chi connectivity index (χ3n) is 8.65. The summed E-state index contributed by atoms with van der Waals surface area (Å²) < 4.78 is 42.4. The van der Waals surface area contributed by atoms with Crippen LogP contribution >= 0.6 is 11.6 Å². The van der Waals surface area contributed by atoms with Crippen molar-refractivity contribution in [3.05, 3.63) is 87.3 Å². The molecule has 1 heterocycles. The zero-order valence-corrected chi connectivity index (χ0v) is 21.6. The zero-order valence-electron chi connectivity index (χ0n) is 20.8. The van der Waals surface area contributed by atoms with Crippen molar-refractivity contribution < 1.29 is 18.0 Å². The van der Waals surface area contributed by atoms with E-state index in [2.05, 4.69) is 5.32 Å². The molecule has 2 aromatic carbocycles. The number of hydrogen-bond acceptors (Lipinski definition) is 2. The molecule has 4 fully saturated rings. The maximum atomic E-state index is 13.7. The van der Waals surface area contributed by atoms with Gasteiger partial charge in [0, 0.05) is 17.6 Å². The summed E-state index contributed by atoms with van der Waals surface area (Å²) in [6.07, 6.45) is 3.55. The van der Waals surface area contributed by atoms with Crippen molar-refractivity contribution in [2.75, 3.05) is 0 Å². The van der Waals surface area contributed by atoms with Crippen molar-refractivity contribution >= 4 is 17.5 Å². The highest BCUT2D eigenvalue weighted by atomic mass is 35.5. The highest BCUT2D eigenvalue weighted by Crippen LogP contribution is 2.55. The second-order valence-corrected chi connectivity index (χ2v) is 11.6. The normalized spacial score (nSPS) is 26.1. The standard InChI is InChI=1S/C29H29ClF3N3O2/c30-15-21-3-1-2-4-22(21)16-35-17-25(27(38)36(35)24-7-5-23(6-8-24)29(31,32)33)26(37)34-28-12-18-9-19(13-28)11-20(10-18)14-28/h1-8,17-20H,9-16H2,(H,34,37). The van der Waals surface area contributed by atoms with Gasteiger partial charge in [-0.2, -0.15) is 13.2 Å². The third kappa shape index (κ3) is 4.57. The average Bonchev–Trinajstić information content (AvgIpc) is 3.18. The van der Waals surface area contributed by atoms with E-state index in [4.69, 9.17) is 11.6 Å². The van der Waals surface area contributed by atoms with Gasteiger partial charge >= 0.3 is 6.18 Å². The maximum Gasteiger partial charge on any atom is 0.416 e. The fourth-order valence-corrected chi connectivity index (χ4v) is 7.67. The maximum absolute atomic E-state index is 13.7. The first-order chi connectivity index (χ1) is 18.1. The van der Waals surface area contributed by atoms with E-state index in [0.29, 0.717) is 17.8 Å². The largest absolute Gasteiger partial charge is 0.416 e. The Morgan fingerprint density at radius 3 is 2.08 bits per heavy atom. The summed E-state index contributed by atoms with van der Waals surface area (Å²) in [5, 5.41) is 3.25. The monoisotopic (exact) mass is 543 g/mol. The second-order valence-electron chi connectivity index (χ2n) is 11.4. The van der Waals surface area contributed by atoms with E-state index in [1.54, 1.807) is 4.68 Å². The van der Waals surface area contributed by atoms with Gasteiger partial charge in [-0.05, 0) is 91.7 Å². The summed E-state index contributed by atoms with van der Waals surface area (Å²) in [4.78, 5) is 27.3. The SMILES string of the molecule is O=C(NC12CC3CC(CC(C3)C1)C2)c1cn(Cc2ccccc2CCl)n(-c2ccc(C(F)(F)F)cc2)c1=O. The number of rotatable bonds is 6. The summed E-state index contributed by atoms with van der Waals surface area (Å²) in [6, 6.07) is 11.9. The minimum atomic E-state index is -4.49. The first-order valence-electron chi connectivity index (χ1n) is 13.1. The van der Waals surface area contributed by atoms with Gasteiger partial charge in [0.1, 0.15) is 5.56 Å². The van der Waals surface area contributed by atoms with Crippen LogP contribution in [-0.4, -0.2) is 20.8 Å². The van der Waals surface area contributed by atoms with Crippen LogP contribution in [0.3, 0.4) is 0 Å². The molecule has 0 saturated heterocycles. The first kappa shape index (κ1) is 25.3. The molecular formula is C29H29ClF3N3O2. The number of hydrogen-bond donors (Lipinski definition) is 1. The Hall–Kier alpha value is -3.00. The molecule has 9 heteroatoms. The molecule has 1 amide bonds. The van der Waals surface area contributed by atoms with Gasteiger partial charge in [-0.1, -0.05) is 24.3 Å². The number of alkyl halides is 4. The van der Waals surface area contributed by atoms with Gasteiger partial charge in [0.25, 0.3) is 11.5 Å². The fraction of sp³-hybridized carbons (Fsp3) is 0.448. The number of carbonyl (C=O) groups excluding carboxylic acids is 1. The molecule has 4 aliphatic carbocycles. The van der Waals surface area contributed by atoms with Crippen molar-refractivity contribution in [2.45, 2.75) is 62.7 Å². The van der Waals surface area contributed by atoms with E-state index >= 15 is 0 Å². The van der Waals surface area contributed by atoms with Crippen molar-refractivity contribution in [3.8, 4) is 5.69 Å². The molecule has 3 aromatic rings. The summed E-state index contributed by atoms with van der Waals surface area (Å²) >= 11 is 6.13. The molecule has 38 heavy (non-hydrogen) atoms. The number of aromatic nitrogens is 2. The molecule has 1 aromatic heterocycles. The molecule has 7 rings (SSSR count). The van der Waals surface area contributed by atoms with Crippen molar-refractivity contribution in [1.29, 1.82) is 0 Å². The van der Waals surface area contributed by atoms with Crippen LogP contribution in [0.1, 0.15) is 65.6 Å². The van der Waals surface area contributed by atoms with Gasteiger partial charge in [-0.3, -0.25) is 14.3 Å². The number of nitrogens with one attached hydrogen (secondary N) is 1. The van der Waals surface area contributed by atoms with E-state index in [1.807, 2.05) is 24.3 Å². The first-order valence-corrected chi connectivity index (χ1v) is 13.6. The molecule has 4 saturated carbocycles. The van der Waals surface area contributed by atoms with Crippen molar-refractivity contribution in [2.24, 2.45) is 17.8 Å². The fourth-order valence-electron chi connectivity index (χ4n) is 7.41. The second kappa shape index (κ2) is 9.33. The Morgan fingerprint density at radius 2 is 1.53 bits per heavy atom. The van der Waals surface area contributed by atoms with Crippen LogP contribution in [0.25, 0.3) is 5.69 Å². The minimum absolute atomic E-state index is 0.0102. The Labute approximate surface area is 223 Å². The molecule has 4 bridgehead atoms.